The Balaban J connectivity index is 2.91. The highest BCUT2D eigenvalue weighted by Crippen LogP contribution is 2.46. The summed E-state index contributed by atoms with van der Waals surface area (Å²) in [6.45, 7) is 1.31. The van der Waals surface area contributed by atoms with Gasteiger partial charge in [-0.05, 0) is 19.1 Å². The zero-order chi connectivity index (χ0) is 18.7. The van der Waals surface area contributed by atoms with Crippen LogP contribution in [-0.4, -0.2) is 43.2 Å². The smallest absolute Gasteiger partial charge is 0.353 e. The fourth-order valence-corrected chi connectivity index (χ4v) is 2.81. The third-order valence-corrected chi connectivity index (χ3v) is 3.82. The number of carbonyl (C=O) groups is 2. The zero-order valence-electron chi connectivity index (χ0n) is 14.4. The number of nitrogens with two attached hydrogens (primary N) is 1. The molecule has 25 heavy (non-hydrogen) atoms. The minimum Gasteiger partial charge on any atom is -0.493 e. The second kappa shape index (κ2) is 7.27. The molecule has 2 aromatic rings. The van der Waals surface area contributed by atoms with E-state index in [1.54, 1.807) is 12.1 Å². The summed E-state index contributed by atoms with van der Waals surface area (Å²) < 4.78 is 16.1. The molecular weight excluding hydrogens is 328 g/mol. The molecule has 0 amide bonds. The van der Waals surface area contributed by atoms with E-state index < -0.39 is 11.8 Å². The van der Waals surface area contributed by atoms with Gasteiger partial charge in [-0.2, -0.15) is 0 Å². The van der Waals surface area contributed by atoms with Crippen molar-refractivity contribution >= 4 is 11.8 Å². The monoisotopic (exact) mass is 348 g/mol. The van der Waals surface area contributed by atoms with Gasteiger partial charge < -0.3 is 30.0 Å². The molecule has 134 valence electrons. The van der Waals surface area contributed by atoms with E-state index in [0.717, 1.165) is 0 Å². The first-order chi connectivity index (χ1) is 11.9. The van der Waals surface area contributed by atoms with Crippen molar-refractivity contribution in [2.24, 2.45) is 5.73 Å². The molecule has 1 heterocycles. The second-order valence-electron chi connectivity index (χ2n) is 5.18. The van der Waals surface area contributed by atoms with Gasteiger partial charge in [0.15, 0.2) is 17.3 Å². The molecule has 0 spiro atoms. The lowest BCUT2D eigenvalue weighted by Crippen LogP contribution is -2.06. The van der Waals surface area contributed by atoms with Crippen molar-refractivity contribution < 1.29 is 28.9 Å². The van der Waals surface area contributed by atoms with E-state index >= 15 is 0 Å². The highest BCUT2D eigenvalue weighted by molar-refractivity contribution is 6.10. The van der Waals surface area contributed by atoms with Crippen LogP contribution in [0.15, 0.2) is 12.1 Å². The zero-order valence-corrected chi connectivity index (χ0v) is 14.4. The van der Waals surface area contributed by atoms with Gasteiger partial charge in [-0.1, -0.05) is 0 Å². The number of methoxy groups -OCH3 is 3. The summed E-state index contributed by atoms with van der Waals surface area (Å²) >= 11 is 0. The third kappa shape index (κ3) is 3.03. The highest BCUT2D eigenvalue weighted by Gasteiger charge is 2.28. The topological polar surface area (TPSA) is 124 Å². The molecule has 0 fully saturated rings. The van der Waals surface area contributed by atoms with Crippen LogP contribution in [-0.2, 0) is 6.54 Å². The van der Waals surface area contributed by atoms with Crippen LogP contribution >= 0.6 is 0 Å². The van der Waals surface area contributed by atoms with Crippen molar-refractivity contribution in [1.29, 1.82) is 0 Å². The summed E-state index contributed by atoms with van der Waals surface area (Å²) in [5, 5.41) is 9.40. The first-order valence-electron chi connectivity index (χ1n) is 7.39. The number of hydrogen-bond donors (Lipinski definition) is 3. The fourth-order valence-electron chi connectivity index (χ4n) is 2.81. The average molecular weight is 348 g/mol. The van der Waals surface area contributed by atoms with Crippen molar-refractivity contribution in [3.8, 4) is 28.4 Å². The fraction of sp³-hybridized carbons (Fsp3) is 0.294. The maximum atomic E-state index is 12.2. The summed E-state index contributed by atoms with van der Waals surface area (Å²) in [4.78, 5) is 26.4. The van der Waals surface area contributed by atoms with E-state index in [0.29, 0.717) is 34.1 Å². The first kappa shape index (κ1) is 18.3. The molecule has 0 bridgehead atoms. The minimum absolute atomic E-state index is 0.0143. The maximum Gasteiger partial charge on any atom is 0.353 e. The molecule has 1 aromatic heterocycles. The Hall–Kier alpha value is -3.00. The highest BCUT2D eigenvalue weighted by atomic mass is 16.5. The molecule has 0 atom stereocenters. The largest absolute Gasteiger partial charge is 0.493 e. The summed E-state index contributed by atoms with van der Waals surface area (Å²) in [6, 6.07) is 3.31. The van der Waals surface area contributed by atoms with E-state index in [1.807, 2.05) is 0 Å². The number of aromatic amines is 1. The van der Waals surface area contributed by atoms with Crippen molar-refractivity contribution in [2.45, 2.75) is 13.5 Å². The molecule has 4 N–H and O–H groups in total. The van der Waals surface area contributed by atoms with Crippen LogP contribution in [0.2, 0.25) is 0 Å². The molecule has 2 rings (SSSR count). The number of ketones is 1. The molecule has 8 nitrogen and oxygen atoms in total. The Kier molecular flexibility index (Phi) is 5.33. The van der Waals surface area contributed by atoms with Crippen molar-refractivity contribution in [3.63, 3.8) is 0 Å². The van der Waals surface area contributed by atoms with Gasteiger partial charge in [0, 0.05) is 23.4 Å². The molecule has 0 radical (unpaired) electrons. The lowest BCUT2D eigenvalue weighted by molar-refractivity contribution is 0.0686. The Morgan fingerprint density at radius 2 is 1.76 bits per heavy atom. The second-order valence-corrected chi connectivity index (χ2v) is 5.18. The van der Waals surface area contributed by atoms with Gasteiger partial charge in [0.25, 0.3) is 0 Å². The molecular formula is C17H20N2O6. The minimum atomic E-state index is -1.24. The lowest BCUT2D eigenvalue weighted by Gasteiger charge is -2.16. The molecule has 1 aromatic carbocycles. The number of carbonyl (C=O) groups excluding carboxylic acids is 1. The van der Waals surface area contributed by atoms with Crippen LogP contribution in [0.1, 0.15) is 33.5 Å². The third-order valence-electron chi connectivity index (χ3n) is 3.82. The lowest BCUT2D eigenvalue weighted by atomic mass is 9.96. The van der Waals surface area contributed by atoms with E-state index in [9.17, 15) is 14.7 Å². The van der Waals surface area contributed by atoms with Crippen LogP contribution in [0.5, 0.6) is 17.2 Å². The summed E-state index contributed by atoms with van der Waals surface area (Å²) in [5.41, 5.74) is 6.86. The Morgan fingerprint density at radius 1 is 1.12 bits per heavy atom. The Morgan fingerprint density at radius 3 is 2.20 bits per heavy atom. The van der Waals surface area contributed by atoms with Gasteiger partial charge in [0.2, 0.25) is 5.75 Å². The molecule has 0 aliphatic carbocycles. The molecule has 0 saturated carbocycles. The molecule has 8 heteroatoms. The number of carboxylic acids is 1. The van der Waals surface area contributed by atoms with Gasteiger partial charge >= 0.3 is 5.97 Å². The number of rotatable bonds is 7. The Bertz CT molecular complexity index is 825. The number of benzene rings is 1. The summed E-state index contributed by atoms with van der Waals surface area (Å²) in [7, 11) is 4.39. The average Bonchev–Trinajstić information content (AvgIpc) is 3.00. The van der Waals surface area contributed by atoms with E-state index in [-0.39, 0.29) is 17.8 Å². The van der Waals surface area contributed by atoms with E-state index in [4.69, 9.17) is 19.9 Å². The van der Waals surface area contributed by atoms with Crippen LogP contribution in [0, 0.1) is 0 Å². The number of Topliss-reactive ketones (excluding diaryl/α,β-unsaturated/α-hetero) is 1. The van der Waals surface area contributed by atoms with Crippen LogP contribution in [0.4, 0.5) is 0 Å². The SMILES string of the molecule is COc1ccc(-c2c(CN)[nH]c(C(=O)O)c2C(C)=O)c(OC)c1OC. The standard InChI is InChI=1S/C17H20N2O6/c1-8(20)12-13(10(7-18)19-14(12)17(21)22)9-5-6-11(23-2)16(25-4)15(9)24-3/h5-6,19H,7,18H2,1-4H3,(H,21,22). The van der Waals surface area contributed by atoms with Crippen molar-refractivity contribution in [2.75, 3.05) is 21.3 Å². The number of aromatic nitrogens is 1. The van der Waals surface area contributed by atoms with Crippen LogP contribution in [0.25, 0.3) is 11.1 Å². The number of H-pyrrole nitrogens is 1. The van der Waals surface area contributed by atoms with Gasteiger partial charge in [0.1, 0.15) is 5.69 Å². The van der Waals surface area contributed by atoms with Gasteiger partial charge in [-0.25, -0.2) is 4.79 Å². The molecule has 0 aliphatic heterocycles. The van der Waals surface area contributed by atoms with Crippen molar-refractivity contribution in [1.82, 2.24) is 4.98 Å². The first-order valence-corrected chi connectivity index (χ1v) is 7.39. The number of aromatic carboxylic acids is 1. The maximum absolute atomic E-state index is 12.2. The van der Waals surface area contributed by atoms with E-state index in [2.05, 4.69) is 4.98 Å². The predicted molar refractivity (Wildman–Crippen MR) is 90.7 cm³/mol. The number of carboxylic acid groups (broad SMARTS) is 1. The summed E-state index contributed by atoms with van der Waals surface area (Å²) in [5.74, 6) is -0.561. The van der Waals surface area contributed by atoms with Crippen LogP contribution < -0.4 is 19.9 Å². The van der Waals surface area contributed by atoms with E-state index in [1.165, 1.54) is 28.3 Å². The van der Waals surface area contributed by atoms with Crippen molar-refractivity contribution in [3.05, 3.63) is 29.1 Å². The molecule has 0 saturated heterocycles. The van der Waals surface area contributed by atoms with Gasteiger partial charge in [0.05, 0.1) is 26.9 Å². The number of hydrogen-bond acceptors (Lipinski definition) is 6. The predicted octanol–water partition coefficient (Wildman–Crippen LogP) is 2.07. The molecule has 0 aliphatic rings. The normalized spacial score (nSPS) is 10.4. The Labute approximate surface area is 144 Å². The van der Waals surface area contributed by atoms with Gasteiger partial charge in [-0.15, -0.1) is 0 Å². The van der Waals surface area contributed by atoms with Crippen LogP contribution in [0.3, 0.4) is 0 Å². The quantitative estimate of drug-likeness (QED) is 0.654. The summed E-state index contributed by atoms with van der Waals surface area (Å²) in [6.07, 6.45) is 0. The number of nitrogens with one attached hydrogen (secondary N) is 1. The van der Waals surface area contributed by atoms with Gasteiger partial charge in [-0.3, -0.25) is 4.79 Å². The molecule has 0 unspecified atom stereocenters. The number of ether oxygens (including phenoxy) is 3.